The Morgan fingerprint density at radius 1 is 1.12 bits per heavy atom. The van der Waals surface area contributed by atoms with Gasteiger partial charge in [-0.25, -0.2) is 14.8 Å². The summed E-state index contributed by atoms with van der Waals surface area (Å²) in [7, 11) is 0. The van der Waals surface area contributed by atoms with Crippen LogP contribution >= 0.6 is 23.1 Å². The maximum absolute atomic E-state index is 11.8. The number of rotatable bonds is 5. The third kappa shape index (κ3) is 4.36. The van der Waals surface area contributed by atoms with E-state index in [1.165, 1.54) is 0 Å². The lowest BCUT2D eigenvalue weighted by Gasteiger charge is -2.18. The second kappa shape index (κ2) is 8.96. The number of aromatic nitrogens is 2. The molecule has 2 aromatic carbocycles. The van der Waals surface area contributed by atoms with E-state index in [1.807, 2.05) is 56.3 Å². The molecule has 0 radical (unpaired) electrons. The Kier molecular flexibility index (Phi) is 5.86. The Labute approximate surface area is 199 Å². The molecule has 0 bridgehead atoms. The lowest BCUT2D eigenvalue weighted by Crippen LogP contribution is -2.12. The number of hydrazone groups is 1. The normalized spacial score (nSPS) is 14.6. The number of aromatic carboxylic acids is 1. The topological polar surface area (TPSA) is 87.5 Å². The number of pyridine rings is 1. The van der Waals surface area contributed by atoms with Crippen molar-refractivity contribution in [1.82, 2.24) is 9.97 Å². The number of nitrogens with zero attached hydrogens (tertiary/aromatic N) is 3. The third-order valence-electron chi connectivity index (χ3n) is 5.51. The van der Waals surface area contributed by atoms with E-state index in [1.54, 1.807) is 23.1 Å². The molecular weight excluding hydrogens is 452 g/mol. The quantitative estimate of drug-likeness (QED) is 0.321. The molecule has 0 amide bonds. The summed E-state index contributed by atoms with van der Waals surface area (Å²) in [5.41, 5.74) is 8.48. The summed E-state index contributed by atoms with van der Waals surface area (Å²) >= 11 is 3.37. The van der Waals surface area contributed by atoms with Crippen molar-refractivity contribution in [3.63, 3.8) is 0 Å². The summed E-state index contributed by atoms with van der Waals surface area (Å²) in [6.45, 7) is 3.95. The molecule has 5 rings (SSSR count). The smallest absolute Gasteiger partial charge is 0.354 e. The monoisotopic (exact) mass is 474 g/mol. The van der Waals surface area contributed by atoms with E-state index >= 15 is 0 Å². The number of para-hydroxylation sites is 1. The highest BCUT2D eigenvalue weighted by molar-refractivity contribution is 7.99. The van der Waals surface area contributed by atoms with Crippen LogP contribution < -0.4 is 5.43 Å². The largest absolute Gasteiger partial charge is 0.477 e. The van der Waals surface area contributed by atoms with Gasteiger partial charge in [0.1, 0.15) is 0 Å². The van der Waals surface area contributed by atoms with Crippen LogP contribution in [-0.4, -0.2) is 32.5 Å². The fourth-order valence-electron chi connectivity index (χ4n) is 3.85. The van der Waals surface area contributed by atoms with Gasteiger partial charge in [-0.2, -0.15) is 5.10 Å². The molecule has 2 aromatic heterocycles. The summed E-state index contributed by atoms with van der Waals surface area (Å²) < 4.78 is 1.12. The van der Waals surface area contributed by atoms with Crippen molar-refractivity contribution in [2.75, 3.05) is 11.2 Å². The number of carboxylic acids is 1. The van der Waals surface area contributed by atoms with Crippen LogP contribution in [0.25, 0.3) is 21.5 Å². The highest BCUT2D eigenvalue weighted by Gasteiger charge is 2.20. The molecule has 1 aliphatic rings. The average Bonchev–Trinajstić information content (AvgIpc) is 3.25. The highest BCUT2D eigenvalue weighted by Crippen LogP contribution is 2.34. The van der Waals surface area contributed by atoms with Gasteiger partial charge in [-0.15, -0.1) is 11.8 Å². The zero-order valence-electron chi connectivity index (χ0n) is 18.2. The maximum atomic E-state index is 11.8. The molecule has 0 saturated heterocycles. The van der Waals surface area contributed by atoms with E-state index in [-0.39, 0.29) is 11.6 Å². The van der Waals surface area contributed by atoms with Crippen LogP contribution in [0.3, 0.4) is 0 Å². The molecule has 2 N–H and O–H groups in total. The highest BCUT2D eigenvalue weighted by atomic mass is 32.2. The van der Waals surface area contributed by atoms with E-state index < -0.39 is 5.97 Å². The van der Waals surface area contributed by atoms with Gasteiger partial charge in [-0.3, -0.25) is 5.43 Å². The number of hydrogen-bond acceptors (Lipinski definition) is 7. The Balaban J connectivity index is 1.49. The van der Waals surface area contributed by atoms with E-state index in [0.29, 0.717) is 5.69 Å². The van der Waals surface area contributed by atoms with Gasteiger partial charge < -0.3 is 5.11 Å². The first-order valence-electron chi connectivity index (χ1n) is 10.7. The number of thioether (sulfide) groups is 1. The first-order valence-corrected chi connectivity index (χ1v) is 12.5. The summed E-state index contributed by atoms with van der Waals surface area (Å²) in [5.74, 6) is 0.0401. The first kappa shape index (κ1) is 21.6. The minimum atomic E-state index is -1.00. The molecule has 8 heteroatoms. The molecule has 3 heterocycles. The minimum Gasteiger partial charge on any atom is -0.477 e. The molecule has 6 nitrogen and oxygen atoms in total. The van der Waals surface area contributed by atoms with Crippen molar-refractivity contribution >= 4 is 50.1 Å². The Morgan fingerprint density at radius 3 is 2.76 bits per heavy atom. The number of fused-ring (bicyclic) bond motifs is 2. The fraction of sp³-hybridized carbons (Fsp3) is 0.200. The van der Waals surface area contributed by atoms with E-state index in [2.05, 4.69) is 27.5 Å². The Bertz CT molecular complexity index is 1360. The Morgan fingerprint density at radius 2 is 1.97 bits per heavy atom. The lowest BCUT2D eigenvalue weighted by molar-refractivity contribution is 0.0689. The van der Waals surface area contributed by atoms with Crippen LogP contribution in [0.5, 0.6) is 0 Å². The van der Waals surface area contributed by atoms with Crippen LogP contribution in [-0.2, 0) is 0 Å². The molecule has 0 fully saturated rings. The van der Waals surface area contributed by atoms with Gasteiger partial charge in [0.05, 0.1) is 21.6 Å². The number of nitrogens with one attached hydrogen (secondary N) is 1. The number of anilines is 1. The lowest BCUT2D eigenvalue weighted by atomic mass is 9.98. The minimum absolute atomic E-state index is 0.0879. The summed E-state index contributed by atoms with van der Waals surface area (Å²) in [6, 6.07) is 17.9. The van der Waals surface area contributed by atoms with Crippen LogP contribution in [0.2, 0.25) is 0 Å². The van der Waals surface area contributed by atoms with E-state index in [9.17, 15) is 9.90 Å². The molecule has 0 spiro atoms. The molecule has 1 aliphatic heterocycles. The summed E-state index contributed by atoms with van der Waals surface area (Å²) in [4.78, 5) is 22.0. The molecule has 0 unspecified atom stereocenters. The third-order valence-corrected chi connectivity index (χ3v) is 7.53. The average molecular weight is 475 g/mol. The predicted octanol–water partition coefficient (Wildman–Crippen LogP) is 6.49. The van der Waals surface area contributed by atoms with Crippen molar-refractivity contribution in [2.45, 2.75) is 31.1 Å². The number of carbonyl (C=O) groups is 1. The molecule has 166 valence electrons. The first-order chi connectivity index (χ1) is 16.0. The maximum Gasteiger partial charge on any atom is 0.354 e. The molecular formula is C25H22N4O2S2. The van der Waals surface area contributed by atoms with Crippen LogP contribution in [0.1, 0.15) is 47.8 Å². The van der Waals surface area contributed by atoms with Gasteiger partial charge in [0.25, 0.3) is 0 Å². The van der Waals surface area contributed by atoms with Gasteiger partial charge in [0, 0.05) is 28.2 Å². The van der Waals surface area contributed by atoms with Gasteiger partial charge in [0.15, 0.2) is 5.69 Å². The molecule has 4 aromatic rings. The van der Waals surface area contributed by atoms with Crippen molar-refractivity contribution < 1.29 is 9.90 Å². The zero-order valence-corrected chi connectivity index (χ0v) is 19.8. The van der Waals surface area contributed by atoms with Crippen molar-refractivity contribution in [3.8, 4) is 11.3 Å². The number of hydrogen-bond donors (Lipinski definition) is 2. The van der Waals surface area contributed by atoms with Gasteiger partial charge in [-0.1, -0.05) is 49.4 Å². The van der Waals surface area contributed by atoms with E-state index in [0.717, 1.165) is 54.8 Å². The van der Waals surface area contributed by atoms with Gasteiger partial charge >= 0.3 is 5.97 Å². The fourth-order valence-corrected chi connectivity index (χ4v) is 5.67. The van der Waals surface area contributed by atoms with Gasteiger partial charge in [-0.05, 0) is 41.8 Å². The Hall–Kier alpha value is -3.23. The van der Waals surface area contributed by atoms with Gasteiger partial charge in [0.2, 0.25) is 5.13 Å². The summed E-state index contributed by atoms with van der Waals surface area (Å²) in [6.07, 6.45) is 0.832. The SMILES string of the molecule is CC(C)c1ccc(-c2ccc3c(c2)/C(=N/Nc2nc4ccccc4s2)CCS3)nc1C(=O)O. The second-order valence-corrected chi connectivity index (χ2v) is 10.2. The molecule has 33 heavy (non-hydrogen) atoms. The second-order valence-electron chi connectivity index (χ2n) is 8.06. The molecule has 0 atom stereocenters. The number of carboxylic acid groups (broad SMARTS) is 1. The van der Waals surface area contributed by atoms with Crippen molar-refractivity contribution in [1.29, 1.82) is 0 Å². The zero-order chi connectivity index (χ0) is 22.9. The van der Waals surface area contributed by atoms with Crippen molar-refractivity contribution in [2.24, 2.45) is 5.10 Å². The molecule has 0 aliphatic carbocycles. The van der Waals surface area contributed by atoms with Crippen LogP contribution in [0, 0.1) is 0 Å². The van der Waals surface area contributed by atoms with Crippen LogP contribution in [0.15, 0.2) is 64.6 Å². The van der Waals surface area contributed by atoms with Crippen molar-refractivity contribution in [3.05, 3.63) is 71.4 Å². The van der Waals surface area contributed by atoms with Crippen LogP contribution in [0.4, 0.5) is 5.13 Å². The number of benzene rings is 2. The predicted molar refractivity (Wildman–Crippen MR) is 136 cm³/mol. The standard InChI is InChI=1S/C25H22N4O2S2/c1-14(2)16-8-9-18(26-23(16)24(30)31)15-7-10-21-17(13-15)19(11-12-32-21)28-29-25-27-20-5-3-4-6-22(20)33-25/h3-10,13-14H,11-12H2,1-2H3,(H,27,29)(H,30,31)/b28-19+. The number of thiazole rings is 1. The molecule has 0 saturated carbocycles. The summed E-state index contributed by atoms with van der Waals surface area (Å²) in [5, 5.41) is 15.1. The van der Waals surface area contributed by atoms with E-state index in [4.69, 9.17) is 5.10 Å².